The zero-order chi connectivity index (χ0) is 11.2. The van der Waals surface area contributed by atoms with Gasteiger partial charge >= 0.3 is 6.18 Å². The standard InChI is InChI=1S/C9H19F3N2/c1-3-5-14(6-4-2)8(7-13)9(10,11)12/h8H,3-7,13H2,1-2H3. The molecule has 1 atom stereocenters. The molecule has 0 amide bonds. The van der Waals surface area contributed by atoms with Crippen molar-refractivity contribution in [3.8, 4) is 0 Å². The van der Waals surface area contributed by atoms with Crippen LogP contribution in [0.5, 0.6) is 0 Å². The quantitative estimate of drug-likeness (QED) is 0.729. The van der Waals surface area contributed by atoms with Crippen LogP contribution in [0.3, 0.4) is 0 Å². The van der Waals surface area contributed by atoms with E-state index in [9.17, 15) is 13.2 Å². The minimum atomic E-state index is -4.21. The molecular weight excluding hydrogens is 193 g/mol. The van der Waals surface area contributed by atoms with Gasteiger partial charge < -0.3 is 5.73 Å². The summed E-state index contributed by atoms with van der Waals surface area (Å²) in [6.07, 6.45) is -2.78. The van der Waals surface area contributed by atoms with Crippen LogP contribution < -0.4 is 5.73 Å². The van der Waals surface area contributed by atoms with Crippen molar-refractivity contribution in [1.82, 2.24) is 4.90 Å². The number of hydrogen-bond acceptors (Lipinski definition) is 2. The van der Waals surface area contributed by atoms with Gasteiger partial charge in [-0.2, -0.15) is 13.2 Å². The molecule has 0 bridgehead atoms. The van der Waals surface area contributed by atoms with Crippen molar-refractivity contribution >= 4 is 0 Å². The van der Waals surface area contributed by atoms with E-state index in [2.05, 4.69) is 0 Å². The van der Waals surface area contributed by atoms with Crippen LogP contribution in [0.2, 0.25) is 0 Å². The van der Waals surface area contributed by atoms with E-state index in [1.165, 1.54) is 4.90 Å². The number of nitrogens with zero attached hydrogens (tertiary/aromatic N) is 1. The van der Waals surface area contributed by atoms with Crippen LogP contribution in [0.4, 0.5) is 13.2 Å². The Morgan fingerprint density at radius 2 is 1.57 bits per heavy atom. The highest BCUT2D eigenvalue weighted by atomic mass is 19.4. The predicted octanol–water partition coefficient (Wildman–Crippen LogP) is 2.00. The summed E-state index contributed by atoms with van der Waals surface area (Å²) in [6.45, 7) is 4.28. The summed E-state index contributed by atoms with van der Waals surface area (Å²) in [4.78, 5) is 1.42. The van der Waals surface area contributed by atoms with E-state index in [4.69, 9.17) is 5.73 Å². The Labute approximate surface area is 83.3 Å². The highest BCUT2D eigenvalue weighted by Crippen LogP contribution is 2.24. The molecule has 0 spiro atoms. The van der Waals surface area contributed by atoms with Gasteiger partial charge in [0, 0.05) is 6.54 Å². The Balaban J connectivity index is 4.41. The van der Waals surface area contributed by atoms with E-state index in [1.807, 2.05) is 13.8 Å². The van der Waals surface area contributed by atoms with Gasteiger partial charge in [-0.15, -0.1) is 0 Å². The largest absolute Gasteiger partial charge is 0.405 e. The lowest BCUT2D eigenvalue weighted by Gasteiger charge is -2.31. The van der Waals surface area contributed by atoms with Crippen LogP contribution in [0, 0.1) is 0 Å². The van der Waals surface area contributed by atoms with Gasteiger partial charge in [0.2, 0.25) is 0 Å². The molecule has 86 valence electrons. The Morgan fingerprint density at radius 1 is 1.14 bits per heavy atom. The van der Waals surface area contributed by atoms with Gasteiger partial charge in [-0.25, -0.2) is 0 Å². The van der Waals surface area contributed by atoms with Gasteiger partial charge in [0.15, 0.2) is 0 Å². The lowest BCUT2D eigenvalue weighted by atomic mass is 10.2. The average molecular weight is 212 g/mol. The number of rotatable bonds is 6. The SMILES string of the molecule is CCCN(CCC)C(CN)C(F)(F)F. The van der Waals surface area contributed by atoms with Crippen LogP contribution in [0.1, 0.15) is 26.7 Å². The Kier molecular flexibility index (Phi) is 6.11. The molecule has 1 unspecified atom stereocenters. The maximum Gasteiger partial charge on any atom is 0.405 e. The molecular formula is C9H19F3N2. The van der Waals surface area contributed by atoms with Crippen molar-refractivity contribution in [3.63, 3.8) is 0 Å². The second-order valence-corrected chi connectivity index (χ2v) is 3.33. The Bertz CT molecular complexity index is 141. The van der Waals surface area contributed by atoms with Gasteiger partial charge in [-0.1, -0.05) is 13.8 Å². The summed E-state index contributed by atoms with van der Waals surface area (Å²) < 4.78 is 37.5. The lowest BCUT2D eigenvalue weighted by Crippen LogP contribution is -2.50. The van der Waals surface area contributed by atoms with Gasteiger partial charge in [0.25, 0.3) is 0 Å². The molecule has 0 fully saturated rings. The van der Waals surface area contributed by atoms with Crippen LogP contribution in [-0.2, 0) is 0 Å². The van der Waals surface area contributed by atoms with Crippen molar-refractivity contribution < 1.29 is 13.2 Å². The van der Waals surface area contributed by atoms with Gasteiger partial charge in [-0.3, -0.25) is 4.90 Å². The lowest BCUT2D eigenvalue weighted by molar-refractivity contribution is -0.181. The monoisotopic (exact) mass is 212 g/mol. The maximum atomic E-state index is 12.5. The number of halogens is 3. The van der Waals surface area contributed by atoms with Crippen LogP contribution in [-0.4, -0.2) is 36.8 Å². The van der Waals surface area contributed by atoms with Gasteiger partial charge in [0.1, 0.15) is 6.04 Å². The minimum Gasteiger partial charge on any atom is -0.329 e. The third-order valence-electron chi connectivity index (χ3n) is 2.06. The van der Waals surface area contributed by atoms with E-state index < -0.39 is 12.2 Å². The fourth-order valence-electron chi connectivity index (χ4n) is 1.49. The van der Waals surface area contributed by atoms with Gasteiger partial charge in [0.05, 0.1) is 0 Å². The van der Waals surface area contributed by atoms with Crippen molar-refractivity contribution in [1.29, 1.82) is 0 Å². The molecule has 0 aliphatic carbocycles. The summed E-state index contributed by atoms with van der Waals surface area (Å²) in [5.41, 5.74) is 5.16. The first-order chi connectivity index (χ1) is 6.47. The maximum absolute atomic E-state index is 12.5. The van der Waals surface area contributed by atoms with Crippen molar-refractivity contribution in [3.05, 3.63) is 0 Å². The smallest absolute Gasteiger partial charge is 0.329 e. The average Bonchev–Trinajstić information content (AvgIpc) is 2.03. The van der Waals surface area contributed by atoms with E-state index in [-0.39, 0.29) is 6.54 Å². The third-order valence-corrected chi connectivity index (χ3v) is 2.06. The fourth-order valence-corrected chi connectivity index (χ4v) is 1.49. The molecule has 2 N–H and O–H groups in total. The highest BCUT2D eigenvalue weighted by Gasteiger charge is 2.41. The van der Waals surface area contributed by atoms with E-state index in [1.54, 1.807) is 0 Å². The summed E-state index contributed by atoms with van der Waals surface area (Å²) in [5, 5.41) is 0. The second-order valence-electron chi connectivity index (χ2n) is 3.33. The number of nitrogens with two attached hydrogens (primary N) is 1. The van der Waals surface area contributed by atoms with E-state index >= 15 is 0 Å². The fraction of sp³-hybridized carbons (Fsp3) is 1.00. The molecule has 0 aliphatic rings. The second kappa shape index (κ2) is 6.24. The minimum absolute atomic E-state index is 0.358. The van der Waals surface area contributed by atoms with Crippen molar-refractivity contribution in [2.24, 2.45) is 5.73 Å². The van der Waals surface area contributed by atoms with Crippen LogP contribution in [0.25, 0.3) is 0 Å². The molecule has 0 aromatic rings. The molecule has 14 heavy (non-hydrogen) atoms. The normalized spacial score (nSPS) is 14.8. The molecule has 0 rings (SSSR count). The molecule has 0 radical (unpaired) electrons. The molecule has 5 heteroatoms. The molecule has 0 aliphatic heterocycles. The van der Waals surface area contributed by atoms with Crippen molar-refractivity contribution in [2.45, 2.75) is 38.9 Å². The first-order valence-corrected chi connectivity index (χ1v) is 4.98. The first kappa shape index (κ1) is 13.7. The van der Waals surface area contributed by atoms with E-state index in [0.717, 1.165) is 0 Å². The highest BCUT2D eigenvalue weighted by molar-refractivity contribution is 4.79. The molecule has 0 heterocycles. The van der Waals surface area contributed by atoms with E-state index in [0.29, 0.717) is 25.9 Å². The number of hydrogen-bond donors (Lipinski definition) is 1. The summed E-state index contributed by atoms with van der Waals surface area (Å²) in [6, 6.07) is -1.48. The molecule has 2 nitrogen and oxygen atoms in total. The Hall–Kier alpha value is -0.290. The summed E-state index contributed by atoms with van der Waals surface area (Å²) >= 11 is 0. The predicted molar refractivity (Wildman–Crippen MR) is 51.1 cm³/mol. The van der Waals surface area contributed by atoms with Gasteiger partial charge in [-0.05, 0) is 25.9 Å². The van der Waals surface area contributed by atoms with Crippen LogP contribution >= 0.6 is 0 Å². The zero-order valence-electron chi connectivity index (χ0n) is 8.77. The topological polar surface area (TPSA) is 29.3 Å². The number of alkyl halides is 3. The first-order valence-electron chi connectivity index (χ1n) is 4.98. The van der Waals surface area contributed by atoms with Crippen LogP contribution in [0.15, 0.2) is 0 Å². The molecule has 0 saturated heterocycles. The summed E-state index contributed by atoms with van der Waals surface area (Å²) in [7, 11) is 0. The third kappa shape index (κ3) is 4.28. The molecule has 0 saturated carbocycles. The zero-order valence-corrected chi connectivity index (χ0v) is 8.77. The Morgan fingerprint density at radius 3 is 1.79 bits per heavy atom. The summed E-state index contributed by atoms with van der Waals surface area (Å²) in [5.74, 6) is 0. The van der Waals surface area contributed by atoms with Crippen molar-refractivity contribution in [2.75, 3.05) is 19.6 Å². The molecule has 0 aromatic carbocycles. The molecule has 0 aromatic heterocycles.